The van der Waals surface area contributed by atoms with Crippen LogP contribution in [0.2, 0.25) is 0 Å². The van der Waals surface area contributed by atoms with Gasteiger partial charge in [0.25, 0.3) is 12.1 Å². The first-order chi connectivity index (χ1) is 7.02. The molecule has 0 aliphatic carbocycles. The van der Waals surface area contributed by atoms with E-state index in [1.165, 1.54) is 0 Å². The molecular weight excluding hydrogens is 242 g/mol. The first-order valence-corrected chi connectivity index (χ1v) is 3.87. The van der Waals surface area contributed by atoms with Crippen LogP contribution < -0.4 is 0 Å². The molecule has 0 aromatic rings. The summed E-state index contributed by atoms with van der Waals surface area (Å²) in [5, 5.41) is 0. The minimum atomic E-state index is -5.69. The summed E-state index contributed by atoms with van der Waals surface area (Å²) in [6.07, 6.45) is -11.8. The Kier molecular flexibility index (Phi) is 4.39. The van der Waals surface area contributed by atoms with Gasteiger partial charge in [-0.15, -0.1) is 0 Å². The molecule has 0 N–H and O–H groups in total. The lowest BCUT2D eigenvalue weighted by molar-refractivity contribution is -0.243. The number of hydrogen-bond acceptors (Lipinski definition) is 2. The molecule has 0 fully saturated rings. The molecule has 0 aliphatic heterocycles. The van der Waals surface area contributed by atoms with Crippen molar-refractivity contribution in [1.29, 1.82) is 0 Å². The van der Waals surface area contributed by atoms with Gasteiger partial charge in [0.2, 0.25) is 0 Å². The highest BCUT2D eigenvalue weighted by atomic mass is 19.4. The second-order valence-corrected chi connectivity index (χ2v) is 2.94. The molecule has 16 heavy (non-hydrogen) atoms. The standard InChI is InChI=1S/C8H8F6O2/c1-4(5(15)16-2)3-7(10,11)6(9)8(12,13)14/h6H,1,3H2,2H3. The molecule has 0 aromatic carbocycles. The van der Waals surface area contributed by atoms with Crippen LogP contribution in [-0.2, 0) is 9.53 Å². The van der Waals surface area contributed by atoms with Gasteiger partial charge in [0.05, 0.1) is 7.11 Å². The minimum absolute atomic E-state index is 0.836. The third kappa shape index (κ3) is 3.74. The van der Waals surface area contributed by atoms with Crippen LogP contribution in [0.1, 0.15) is 6.42 Å². The highest BCUT2D eigenvalue weighted by Crippen LogP contribution is 2.38. The maximum atomic E-state index is 12.7. The molecule has 1 unspecified atom stereocenters. The van der Waals surface area contributed by atoms with Gasteiger partial charge in [0.1, 0.15) is 0 Å². The average Bonchev–Trinajstić information content (AvgIpc) is 2.13. The molecule has 0 saturated carbocycles. The van der Waals surface area contributed by atoms with Crippen molar-refractivity contribution >= 4 is 5.97 Å². The van der Waals surface area contributed by atoms with Crippen LogP contribution in [0, 0.1) is 0 Å². The predicted molar refractivity (Wildman–Crippen MR) is 41.7 cm³/mol. The molecule has 0 amide bonds. The molecular formula is C8H8F6O2. The summed E-state index contributed by atoms with van der Waals surface area (Å²) in [5.74, 6) is -6.06. The SMILES string of the molecule is C=C(CC(F)(F)C(F)C(F)(F)F)C(=O)OC. The van der Waals surface area contributed by atoms with Crippen molar-refractivity contribution in [3.05, 3.63) is 12.2 Å². The fraction of sp³-hybridized carbons (Fsp3) is 0.625. The molecule has 0 bridgehead atoms. The Morgan fingerprint density at radius 3 is 2.06 bits per heavy atom. The maximum Gasteiger partial charge on any atom is 0.425 e. The Hall–Kier alpha value is -1.21. The summed E-state index contributed by atoms with van der Waals surface area (Å²) in [6, 6.07) is 0. The quantitative estimate of drug-likeness (QED) is 0.435. The smallest absolute Gasteiger partial charge is 0.425 e. The van der Waals surface area contributed by atoms with E-state index in [9.17, 15) is 31.1 Å². The summed E-state index contributed by atoms with van der Waals surface area (Å²) >= 11 is 0. The van der Waals surface area contributed by atoms with E-state index in [1.807, 2.05) is 0 Å². The number of methoxy groups -OCH3 is 1. The zero-order valence-electron chi connectivity index (χ0n) is 8.08. The Balaban J connectivity index is 4.70. The Morgan fingerprint density at radius 2 is 1.75 bits per heavy atom. The third-order valence-corrected chi connectivity index (χ3v) is 1.58. The zero-order chi connectivity index (χ0) is 13.1. The van der Waals surface area contributed by atoms with Gasteiger partial charge in [-0.05, 0) is 0 Å². The van der Waals surface area contributed by atoms with E-state index in [-0.39, 0.29) is 0 Å². The normalized spacial score (nSPS) is 14.4. The van der Waals surface area contributed by atoms with Crippen molar-refractivity contribution < 1.29 is 35.9 Å². The van der Waals surface area contributed by atoms with Gasteiger partial charge in [-0.3, -0.25) is 0 Å². The van der Waals surface area contributed by atoms with Gasteiger partial charge in [-0.2, -0.15) is 13.2 Å². The number of halogens is 6. The van der Waals surface area contributed by atoms with Crippen LogP contribution in [0.3, 0.4) is 0 Å². The van der Waals surface area contributed by atoms with Gasteiger partial charge < -0.3 is 4.74 Å². The first kappa shape index (κ1) is 14.8. The van der Waals surface area contributed by atoms with Gasteiger partial charge in [0, 0.05) is 12.0 Å². The van der Waals surface area contributed by atoms with E-state index in [0.29, 0.717) is 0 Å². The fourth-order valence-electron chi connectivity index (χ4n) is 0.830. The van der Waals surface area contributed by atoms with Gasteiger partial charge in [0.15, 0.2) is 0 Å². The number of ether oxygens (including phenoxy) is 1. The van der Waals surface area contributed by atoms with E-state index in [0.717, 1.165) is 7.11 Å². The lowest BCUT2D eigenvalue weighted by atomic mass is 10.0. The Morgan fingerprint density at radius 1 is 1.31 bits per heavy atom. The Bertz CT molecular complexity index is 283. The molecule has 8 heteroatoms. The van der Waals surface area contributed by atoms with Crippen molar-refractivity contribution in [2.24, 2.45) is 0 Å². The van der Waals surface area contributed by atoms with E-state index in [1.54, 1.807) is 0 Å². The van der Waals surface area contributed by atoms with E-state index < -0.39 is 36.2 Å². The van der Waals surface area contributed by atoms with Crippen LogP contribution >= 0.6 is 0 Å². The van der Waals surface area contributed by atoms with Crippen LogP contribution in [0.5, 0.6) is 0 Å². The molecule has 0 aromatic heterocycles. The summed E-state index contributed by atoms with van der Waals surface area (Å²) in [4.78, 5) is 10.6. The number of alkyl halides is 6. The summed E-state index contributed by atoms with van der Waals surface area (Å²) in [7, 11) is 0.836. The highest BCUT2D eigenvalue weighted by Gasteiger charge is 2.57. The van der Waals surface area contributed by atoms with E-state index in [4.69, 9.17) is 0 Å². The predicted octanol–water partition coefficient (Wildman–Crippen LogP) is 2.64. The first-order valence-electron chi connectivity index (χ1n) is 3.87. The Labute approximate surface area is 86.9 Å². The second kappa shape index (κ2) is 4.75. The summed E-state index contributed by atoms with van der Waals surface area (Å²) < 4.78 is 76.7. The van der Waals surface area contributed by atoms with Crippen molar-refractivity contribution in [1.82, 2.24) is 0 Å². The number of carbonyl (C=O) groups is 1. The number of esters is 1. The molecule has 0 rings (SSSR count). The zero-order valence-corrected chi connectivity index (χ0v) is 8.08. The van der Waals surface area contributed by atoms with E-state index >= 15 is 0 Å². The van der Waals surface area contributed by atoms with Gasteiger partial charge in [-0.1, -0.05) is 6.58 Å². The molecule has 0 aliphatic rings. The van der Waals surface area contributed by atoms with E-state index in [2.05, 4.69) is 11.3 Å². The number of carbonyl (C=O) groups excluding carboxylic acids is 1. The topological polar surface area (TPSA) is 26.3 Å². The molecule has 2 nitrogen and oxygen atoms in total. The van der Waals surface area contributed by atoms with Gasteiger partial charge in [-0.25, -0.2) is 18.0 Å². The van der Waals surface area contributed by atoms with Crippen molar-refractivity contribution in [2.75, 3.05) is 7.11 Å². The third-order valence-electron chi connectivity index (χ3n) is 1.58. The summed E-state index contributed by atoms with van der Waals surface area (Å²) in [6.45, 7) is 2.79. The highest BCUT2D eigenvalue weighted by molar-refractivity contribution is 5.87. The number of hydrogen-bond donors (Lipinski definition) is 0. The van der Waals surface area contributed by atoms with Crippen LogP contribution in [0.25, 0.3) is 0 Å². The largest absolute Gasteiger partial charge is 0.466 e. The lowest BCUT2D eigenvalue weighted by Gasteiger charge is -2.22. The van der Waals surface area contributed by atoms with Crippen molar-refractivity contribution in [3.63, 3.8) is 0 Å². The average molecular weight is 250 g/mol. The lowest BCUT2D eigenvalue weighted by Crippen LogP contribution is -2.42. The maximum absolute atomic E-state index is 12.7. The molecule has 94 valence electrons. The van der Waals surface area contributed by atoms with Crippen LogP contribution in [0.15, 0.2) is 12.2 Å². The fourth-order valence-corrected chi connectivity index (χ4v) is 0.830. The minimum Gasteiger partial charge on any atom is -0.466 e. The number of rotatable bonds is 4. The van der Waals surface area contributed by atoms with Crippen molar-refractivity contribution in [3.8, 4) is 0 Å². The van der Waals surface area contributed by atoms with Crippen LogP contribution in [0.4, 0.5) is 26.3 Å². The molecule has 0 saturated heterocycles. The molecule has 0 spiro atoms. The molecule has 1 atom stereocenters. The second-order valence-electron chi connectivity index (χ2n) is 2.94. The monoisotopic (exact) mass is 250 g/mol. The molecule has 0 radical (unpaired) electrons. The van der Waals surface area contributed by atoms with Gasteiger partial charge >= 0.3 is 12.1 Å². The van der Waals surface area contributed by atoms with Crippen molar-refractivity contribution in [2.45, 2.75) is 24.7 Å². The van der Waals surface area contributed by atoms with Crippen LogP contribution in [-0.4, -0.2) is 31.3 Å². The summed E-state index contributed by atoms with van der Waals surface area (Å²) in [5.41, 5.74) is -0.931. The molecule has 0 heterocycles.